The molecule has 0 N–H and O–H groups in total. The summed E-state index contributed by atoms with van der Waals surface area (Å²) >= 11 is 1.27. The van der Waals surface area contributed by atoms with Crippen molar-refractivity contribution >= 4 is 29.2 Å². The fraction of sp³-hybridized carbons (Fsp3) is 0.350. The van der Waals surface area contributed by atoms with Crippen LogP contribution in [0.3, 0.4) is 0 Å². The number of β-lactam (4-membered cyclic amide) rings is 1. The van der Waals surface area contributed by atoms with Gasteiger partial charge in [0.1, 0.15) is 11.6 Å². The van der Waals surface area contributed by atoms with Gasteiger partial charge in [0.15, 0.2) is 16.6 Å². The highest BCUT2D eigenvalue weighted by Crippen LogP contribution is 2.39. The summed E-state index contributed by atoms with van der Waals surface area (Å²) in [6.45, 7) is 5.35. The highest BCUT2D eigenvalue weighted by atomic mass is 32.1. The molecule has 5 rings (SSSR count). The van der Waals surface area contributed by atoms with Gasteiger partial charge >= 0.3 is 0 Å². The van der Waals surface area contributed by atoms with Crippen LogP contribution >= 0.6 is 11.5 Å². The van der Waals surface area contributed by atoms with Gasteiger partial charge in [0, 0.05) is 31.6 Å². The molecule has 0 radical (unpaired) electrons. The highest BCUT2D eigenvalue weighted by molar-refractivity contribution is 7.09. The molecule has 1 unspecified atom stereocenters. The zero-order valence-electron chi connectivity index (χ0n) is 16.5. The molecule has 30 heavy (non-hydrogen) atoms. The van der Waals surface area contributed by atoms with E-state index < -0.39 is 0 Å². The van der Waals surface area contributed by atoms with Crippen molar-refractivity contribution in [1.82, 2.24) is 23.8 Å². The smallest absolute Gasteiger partial charge is 0.254 e. The second-order valence-corrected chi connectivity index (χ2v) is 8.17. The minimum absolute atomic E-state index is 0.0186. The first kappa shape index (κ1) is 18.9. The second kappa shape index (κ2) is 6.98. The molecular weight excluding hydrogens is 407 g/mol. The van der Waals surface area contributed by atoms with Gasteiger partial charge in [-0.05, 0) is 49.6 Å². The maximum Gasteiger partial charge on any atom is 0.254 e. The minimum atomic E-state index is -0.383. The molecular formula is C20H19FN6O2S. The van der Waals surface area contributed by atoms with Crippen molar-refractivity contribution in [1.29, 1.82) is 0 Å². The Labute approximate surface area is 176 Å². The van der Waals surface area contributed by atoms with E-state index in [4.69, 9.17) is 4.98 Å². The number of aryl methyl sites for hydroxylation is 1. The Kier molecular flexibility index (Phi) is 4.39. The van der Waals surface area contributed by atoms with Gasteiger partial charge < -0.3 is 9.47 Å². The zero-order chi connectivity index (χ0) is 21.0. The summed E-state index contributed by atoms with van der Waals surface area (Å²) in [5, 5.41) is 0.693. The van der Waals surface area contributed by atoms with Gasteiger partial charge in [-0.25, -0.2) is 14.4 Å². The SMILES string of the molecule is Cc1nsc(-c2nc(N3CCC3=O)c3n2CCN(C(=O)c2ccc(F)cc2)C3C)n1. The summed E-state index contributed by atoms with van der Waals surface area (Å²) in [5.41, 5.74) is 1.24. The van der Waals surface area contributed by atoms with Gasteiger partial charge in [-0.2, -0.15) is 4.37 Å². The number of nitrogens with zero attached hydrogens (tertiary/aromatic N) is 6. The fourth-order valence-corrected chi connectivity index (χ4v) is 4.63. The molecule has 0 spiro atoms. The molecule has 0 bridgehead atoms. The number of aromatic nitrogens is 4. The molecule has 2 aliphatic rings. The third-order valence-corrected chi connectivity index (χ3v) is 6.39. The van der Waals surface area contributed by atoms with Gasteiger partial charge in [0.25, 0.3) is 5.91 Å². The second-order valence-electron chi connectivity index (χ2n) is 7.42. The van der Waals surface area contributed by atoms with Gasteiger partial charge in [-0.1, -0.05) is 0 Å². The van der Waals surface area contributed by atoms with Crippen LogP contribution in [0.4, 0.5) is 10.2 Å². The number of carbonyl (C=O) groups is 2. The third-order valence-electron chi connectivity index (χ3n) is 5.59. The third kappa shape index (κ3) is 2.90. The van der Waals surface area contributed by atoms with Crippen LogP contribution in [0.5, 0.6) is 0 Å². The number of benzene rings is 1. The molecule has 1 fully saturated rings. The van der Waals surface area contributed by atoms with Gasteiger partial charge in [-0.15, -0.1) is 0 Å². The van der Waals surface area contributed by atoms with E-state index in [0.717, 1.165) is 5.69 Å². The number of halogens is 1. The summed E-state index contributed by atoms with van der Waals surface area (Å²) in [6.07, 6.45) is 0.492. The minimum Gasteiger partial charge on any atom is -0.328 e. The van der Waals surface area contributed by atoms with Crippen molar-refractivity contribution < 1.29 is 14.0 Å². The number of hydrogen-bond acceptors (Lipinski definition) is 6. The first-order valence-electron chi connectivity index (χ1n) is 9.72. The largest absolute Gasteiger partial charge is 0.328 e. The molecule has 0 saturated carbocycles. The van der Waals surface area contributed by atoms with Crippen molar-refractivity contribution in [2.45, 2.75) is 32.9 Å². The number of amides is 2. The number of rotatable bonds is 3. The maximum absolute atomic E-state index is 13.3. The Morgan fingerprint density at radius 3 is 2.53 bits per heavy atom. The summed E-state index contributed by atoms with van der Waals surface area (Å²) in [7, 11) is 0. The van der Waals surface area contributed by atoms with E-state index in [1.165, 1.54) is 35.8 Å². The van der Waals surface area contributed by atoms with Crippen LogP contribution in [0.2, 0.25) is 0 Å². The van der Waals surface area contributed by atoms with E-state index in [2.05, 4.69) is 9.36 Å². The average molecular weight is 426 g/mol. The lowest BCUT2D eigenvalue weighted by atomic mass is 10.1. The lowest BCUT2D eigenvalue weighted by Crippen LogP contribution is -2.46. The first-order chi connectivity index (χ1) is 14.4. The van der Waals surface area contributed by atoms with Crippen LogP contribution in [-0.2, 0) is 11.3 Å². The van der Waals surface area contributed by atoms with Crippen LogP contribution in [-0.4, -0.2) is 48.7 Å². The van der Waals surface area contributed by atoms with Crippen molar-refractivity contribution in [2.24, 2.45) is 0 Å². The Morgan fingerprint density at radius 2 is 1.93 bits per heavy atom. The number of hydrogen-bond donors (Lipinski definition) is 0. The van der Waals surface area contributed by atoms with E-state index >= 15 is 0 Å². The predicted molar refractivity (Wildman–Crippen MR) is 109 cm³/mol. The molecule has 2 aromatic heterocycles. The number of imidazole rings is 1. The van der Waals surface area contributed by atoms with E-state index in [1.54, 1.807) is 9.80 Å². The van der Waals surface area contributed by atoms with E-state index in [9.17, 15) is 14.0 Å². The number of carbonyl (C=O) groups excluding carboxylic acids is 2. The predicted octanol–water partition coefficient (Wildman–Crippen LogP) is 2.80. The quantitative estimate of drug-likeness (QED) is 0.602. The maximum atomic E-state index is 13.3. The lowest BCUT2D eigenvalue weighted by molar-refractivity contribution is -0.122. The van der Waals surface area contributed by atoms with Crippen molar-refractivity contribution in [3.63, 3.8) is 0 Å². The standard InChI is InChI=1S/C20H19FN6O2S/c1-11-16-17(26-8-7-15(26)28)23-18(19-22-12(2)24-30-19)27(16)10-9-25(11)20(29)13-3-5-14(21)6-4-13/h3-6,11H,7-10H2,1-2H3. The molecule has 154 valence electrons. The molecule has 8 nitrogen and oxygen atoms in total. The summed E-state index contributed by atoms with van der Waals surface area (Å²) in [4.78, 5) is 37.9. The van der Waals surface area contributed by atoms with E-state index in [0.29, 0.717) is 54.1 Å². The van der Waals surface area contributed by atoms with Crippen LogP contribution < -0.4 is 4.90 Å². The number of fused-ring (bicyclic) bond motifs is 1. The molecule has 2 aliphatic heterocycles. The summed E-state index contributed by atoms with van der Waals surface area (Å²) in [6, 6.07) is 5.24. The average Bonchev–Trinajstić information content (AvgIpc) is 3.31. The molecule has 1 atom stereocenters. The van der Waals surface area contributed by atoms with E-state index in [-0.39, 0.29) is 23.7 Å². The molecule has 1 saturated heterocycles. The van der Waals surface area contributed by atoms with Crippen molar-refractivity contribution in [3.05, 3.63) is 47.2 Å². The Balaban J connectivity index is 1.57. The molecule has 10 heteroatoms. The molecule has 1 aromatic carbocycles. The fourth-order valence-electron chi connectivity index (χ4n) is 3.96. The van der Waals surface area contributed by atoms with Crippen LogP contribution in [0.1, 0.15) is 41.3 Å². The topological polar surface area (TPSA) is 84.2 Å². The molecule has 3 aromatic rings. The lowest BCUT2D eigenvalue weighted by Gasteiger charge is -2.37. The highest BCUT2D eigenvalue weighted by Gasteiger charge is 2.39. The molecule has 0 aliphatic carbocycles. The first-order valence-corrected chi connectivity index (χ1v) is 10.5. The van der Waals surface area contributed by atoms with E-state index in [1.807, 2.05) is 18.4 Å². The summed E-state index contributed by atoms with van der Waals surface area (Å²) < 4.78 is 19.6. The molecule has 4 heterocycles. The van der Waals surface area contributed by atoms with Gasteiger partial charge in [0.05, 0.1) is 11.7 Å². The van der Waals surface area contributed by atoms with Crippen molar-refractivity contribution in [2.75, 3.05) is 18.0 Å². The Bertz CT molecular complexity index is 1150. The van der Waals surface area contributed by atoms with Crippen LogP contribution in [0.15, 0.2) is 24.3 Å². The van der Waals surface area contributed by atoms with Crippen LogP contribution in [0, 0.1) is 12.7 Å². The normalized spacial score (nSPS) is 18.4. The monoisotopic (exact) mass is 426 g/mol. The Hall–Kier alpha value is -3.14. The summed E-state index contributed by atoms with van der Waals surface area (Å²) in [5.74, 6) is 1.39. The zero-order valence-corrected chi connectivity index (χ0v) is 17.3. The van der Waals surface area contributed by atoms with Crippen molar-refractivity contribution in [3.8, 4) is 10.8 Å². The van der Waals surface area contributed by atoms with Gasteiger partial charge in [-0.3, -0.25) is 14.5 Å². The van der Waals surface area contributed by atoms with Gasteiger partial charge in [0.2, 0.25) is 5.91 Å². The molecule has 2 amide bonds. The number of anilines is 1. The van der Waals surface area contributed by atoms with Crippen LogP contribution in [0.25, 0.3) is 10.8 Å². The Morgan fingerprint density at radius 1 is 1.17 bits per heavy atom.